The minimum Gasteiger partial charge on any atom is -0.331 e. The van der Waals surface area contributed by atoms with E-state index in [-0.39, 0.29) is 5.91 Å². The molecule has 3 nitrogen and oxygen atoms in total. The summed E-state index contributed by atoms with van der Waals surface area (Å²) in [6, 6.07) is 9.78. The molecule has 2 aliphatic rings. The molecule has 126 valence electrons. The molecule has 1 atom stereocenters. The smallest absolute Gasteiger partial charge is 0.254 e. The molecule has 2 fully saturated rings. The molecule has 1 amide bonds. The third kappa shape index (κ3) is 3.10. The normalized spacial score (nSPS) is 21.6. The van der Waals surface area contributed by atoms with Crippen molar-refractivity contribution < 1.29 is 4.79 Å². The van der Waals surface area contributed by atoms with Gasteiger partial charge in [-0.25, -0.2) is 0 Å². The Bertz CT molecular complexity index is 725. The lowest BCUT2D eigenvalue weighted by Crippen LogP contribution is -2.39. The summed E-state index contributed by atoms with van der Waals surface area (Å²) in [5.74, 6) is 0.101. The molecule has 0 radical (unpaired) electrons. The van der Waals surface area contributed by atoms with Gasteiger partial charge in [0.25, 0.3) is 5.91 Å². The van der Waals surface area contributed by atoms with Crippen LogP contribution in [0.15, 0.2) is 41.1 Å². The van der Waals surface area contributed by atoms with Crippen molar-refractivity contribution in [3.05, 3.63) is 57.2 Å². The fraction of sp³-hybridized carbons (Fsp3) is 0.421. The molecular formula is C19H21ClN2OS. The molecule has 1 aromatic heterocycles. The number of carbonyl (C=O) groups excluding carboxylic acids is 1. The number of benzene rings is 1. The molecule has 1 aliphatic carbocycles. The number of piperidine rings is 1. The summed E-state index contributed by atoms with van der Waals surface area (Å²) in [6.45, 7) is 2.82. The van der Waals surface area contributed by atoms with Crippen LogP contribution in [-0.2, 0) is 6.54 Å². The SMILES string of the molecule is O=C(c1cccc(Cl)c1)N(Cc1ccsc1)C1CC12CCNCC2. The van der Waals surface area contributed by atoms with Crippen LogP contribution in [0.5, 0.6) is 0 Å². The average molecular weight is 361 g/mol. The van der Waals surface area contributed by atoms with Crippen molar-refractivity contribution in [2.75, 3.05) is 13.1 Å². The number of hydrogen-bond donors (Lipinski definition) is 1. The van der Waals surface area contributed by atoms with Crippen molar-refractivity contribution in [2.45, 2.75) is 31.8 Å². The first-order valence-electron chi connectivity index (χ1n) is 8.46. The second kappa shape index (κ2) is 6.51. The molecule has 1 saturated heterocycles. The predicted molar refractivity (Wildman–Crippen MR) is 98.6 cm³/mol. The third-order valence-corrected chi connectivity index (χ3v) is 6.35. The van der Waals surface area contributed by atoms with Crippen LogP contribution in [0.25, 0.3) is 0 Å². The fourth-order valence-corrected chi connectivity index (χ4v) is 4.77. The van der Waals surface area contributed by atoms with E-state index in [1.54, 1.807) is 17.4 Å². The Morgan fingerprint density at radius 3 is 2.88 bits per heavy atom. The van der Waals surface area contributed by atoms with E-state index in [0.717, 1.165) is 19.5 Å². The topological polar surface area (TPSA) is 32.3 Å². The number of nitrogens with zero attached hydrogens (tertiary/aromatic N) is 1. The van der Waals surface area contributed by atoms with Crippen molar-refractivity contribution >= 4 is 28.8 Å². The van der Waals surface area contributed by atoms with Gasteiger partial charge in [-0.1, -0.05) is 17.7 Å². The minimum atomic E-state index is 0.101. The number of nitrogens with one attached hydrogen (secondary N) is 1. The van der Waals surface area contributed by atoms with Gasteiger partial charge in [-0.05, 0) is 78.4 Å². The molecule has 1 N–H and O–H groups in total. The van der Waals surface area contributed by atoms with Gasteiger partial charge in [-0.2, -0.15) is 11.3 Å². The fourth-order valence-electron chi connectivity index (χ4n) is 3.92. The second-order valence-electron chi connectivity index (χ2n) is 6.91. The lowest BCUT2D eigenvalue weighted by molar-refractivity contribution is 0.0692. The van der Waals surface area contributed by atoms with Crippen molar-refractivity contribution in [1.29, 1.82) is 0 Å². The first kappa shape index (κ1) is 16.1. The highest BCUT2D eigenvalue weighted by Crippen LogP contribution is 2.56. The van der Waals surface area contributed by atoms with Gasteiger partial charge in [-0.15, -0.1) is 0 Å². The predicted octanol–water partition coefficient (Wildman–Crippen LogP) is 4.19. The van der Waals surface area contributed by atoms with Crippen LogP contribution in [0.2, 0.25) is 5.02 Å². The van der Waals surface area contributed by atoms with E-state index in [1.807, 2.05) is 18.2 Å². The first-order valence-corrected chi connectivity index (χ1v) is 9.78. The number of thiophene rings is 1. The van der Waals surface area contributed by atoms with Crippen molar-refractivity contribution in [3.8, 4) is 0 Å². The number of hydrogen-bond acceptors (Lipinski definition) is 3. The Morgan fingerprint density at radius 1 is 1.33 bits per heavy atom. The molecule has 2 aromatic rings. The molecule has 0 bridgehead atoms. The lowest BCUT2D eigenvalue weighted by Gasteiger charge is -2.29. The summed E-state index contributed by atoms with van der Waals surface area (Å²) < 4.78 is 0. The van der Waals surface area contributed by atoms with Gasteiger partial charge < -0.3 is 10.2 Å². The summed E-state index contributed by atoms with van der Waals surface area (Å²) in [5.41, 5.74) is 2.23. The molecule has 1 aliphatic heterocycles. The summed E-state index contributed by atoms with van der Waals surface area (Å²) in [7, 11) is 0. The minimum absolute atomic E-state index is 0.101. The Morgan fingerprint density at radius 2 is 2.17 bits per heavy atom. The zero-order valence-corrected chi connectivity index (χ0v) is 15.1. The summed E-state index contributed by atoms with van der Waals surface area (Å²) in [6.07, 6.45) is 3.46. The van der Waals surface area contributed by atoms with E-state index in [2.05, 4.69) is 27.0 Å². The maximum atomic E-state index is 13.2. The van der Waals surface area contributed by atoms with Gasteiger partial charge in [0, 0.05) is 23.2 Å². The highest BCUT2D eigenvalue weighted by atomic mass is 35.5. The molecule has 1 unspecified atom stereocenters. The van der Waals surface area contributed by atoms with Crippen LogP contribution in [0.1, 0.15) is 35.2 Å². The molecular weight excluding hydrogens is 340 g/mol. The van der Waals surface area contributed by atoms with Crippen LogP contribution >= 0.6 is 22.9 Å². The van der Waals surface area contributed by atoms with Gasteiger partial charge in [0.2, 0.25) is 0 Å². The van der Waals surface area contributed by atoms with E-state index >= 15 is 0 Å². The zero-order valence-electron chi connectivity index (χ0n) is 13.5. The van der Waals surface area contributed by atoms with E-state index in [0.29, 0.717) is 28.6 Å². The van der Waals surface area contributed by atoms with Crippen LogP contribution in [0, 0.1) is 5.41 Å². The van der Waals surface area contributed by atoms with Crippen LogP contribution in [0.4, 0.5) is 0 Å². The number of rotatable bonds is 4. The Kier molecular flexibility index (Phi) is 4.37. The third-order valence-electron chi connectivity index (χ3n) is 5.39. The van der Waals surface area contributed by atoms with Gasteiger partial charge in [0.05, 0.1) is 0 Å². The quantitative estimate of drug-likeness (QED) is 0.886. The monoisotopic (exact) mass is 360 g/mol. The number of carbonyl (C=O) groups is 1. The molecule has 1 aromatic carbocycles. The molecule has 1 spiro atoms. The van der Waals surface area contributed by atoms with Crippen LogP contribution in [0.3, 0.4) is 0 Å². The summed E-state index contributed by atoms with van der Waals surface area (Å²) in [4.78, 5) is 15.3. The summed E-state index contributed by atoms with van der Waals surface area (Å²) >= 11 is 7.78. The second-order valence-corrected chi connectivity index (χ2v) is 8.12. The Hall–Kier alpha value is -1.36. The molecule has 4 rings (SSSR count). The van der Waals surface area contributed by atoms with E-state index in [4.69, 9.17) is 11.6 Å². The molecule has 2 heterocycles. The Labute approximate surface area is 151 Å². The van der Waals surface area contributed by atoms with Gasteiger partial charge in [0.1, 0.15) is 0 Å². The molecule has 1 saturated carbocycles. The maximum Gasteiger partial charge on any atom is 0.254 e. The highest BCUT2D eigenvalue weighted by molar-refractivity contribution is 7.07. The maximum absolute atomic E-state index is 13.2. The largest absolute Gasteiger partial charge is 0.331 e. The first-order chi connectivity index (χ1) is 11.7. The Balaban J connectivity index is 1.60. The zero-order chi connectivity index (χ0) is 16.6. The number of amides is 1. The van der Waals surface area contributed by atoms with E-state index in [9.17, 15) is 4.79 Å². The van der Waals surface area contributed by atoms with Crippen molar-refractivity contribution in [3.63, 3.8) is 0 Å². The van der Waals surface area contributed by atoms with Crippen molar-refractivity contribution in [2.24, 2.45) is 5.41 Å². The molecule has 5 heteroatoms. The standard InChI is InChI=1S/C19H21ClN2OS/c20-16-3-1-2-15(10-16)18(23)22(12-14-4-9-24-13-14)17-11-19(17)5-7-21-8-6-19/h1-4,9-10,13,17,21H,5-8,11-12H2. The summed E-state index contributed by atoms with van der Waals surface area (Å²) in [5, 5.41) is 8.26. The molecule has 24 heavy (non-hydrogen) atoms. The van der Waals surface area contributed by atoms with Gasteiger partial charge in [0.15, 0.2) is 0 Å². The van der Waals surface area contributed by atoms with Gasteiger partial charge in [-0.3, -0.25) is 4.79 Å². The van der Waals surface area contributed by atoms with E-state index < -0.39 is 0 Å². The van der Waals surface area contributed by atoms with Crippen LogP contribution < -0.4 is 5.32 Å². The highest BCUT2D eigenvalue weighted by Gasteiger charge is 2.57. The van der Waals surface area contributed by atoms with Crippen LogP contribution in [-0.4, -0.2) is 29.9 Å². The van der Waals surface area contributed by atoms with E-state index in [1.165, 1.54) is 18.4 Å². The number of halogens is 1. The lowest BCUT2D eigenvalue weighted by atomic mass is 9.93. The van der Waals surface area contributed by atoms with Crippen molar-refractivity contribution in [1.82, 2.24) is 10.2 Å². The average Bonchev–Trinajstić information content (AvgIpc) is 3.04. The van der Waals surface area contributed by atoms with Gasteiger partial charge >= 0.3 is 0 Å².